The van der Waals surface area contributed by atoms with Crippen molar-refractivity contribution in [2.75, 3.05) is 13.2 Å². The van der Waals surface area contributed by atoms with E-state index in [9.17, 15) is 4.79 Å². The molecule has 0 aliphatic rings. The molecule has 4 nitrogen and oxygen atoms in total. The zero-order valence-electron chi connectivity index (χ0n) is 11.9. The number of carbonyl (C=O) groups is 1. The predicted molar refractivity (Wildman–Crippen MR) is 79.2 cm³/mol. The molecule has 0 heterocycles. The number of carboxylic acid groups (broad SMARTS) is 1. The lowest BCUT2D eigenvalue weighted by Gasteiger charge is -2.14. The normalized spacial score (nSPS) is 10.5. The zero-order chi connectivity index (χ0) is 15.0. The van der Waals surface area contributed by atoms with E-state index in [0.29, 0.717) is 30.3 Å². The van der Waals surface area contributed by atoms with E-state index in [1.165, 1.54) is 6.08 Å². The van der Waals surface area contributed by atoms with Gasteiger partial charge in [-0.15, -0.1) is 0 Å². The second kappa shape index (κ2) is 8.04. The minimum atomic E-state index is -1.00. The van der Waals surface area contributed by atoms with Gasteiger partial charge in [0, 0.05) is 11.6 Å². The standard InChI is InChI=1S/C16H20O4/c1-4-12(3)11-20-16-13(9-10-15(17)18)7-6-8-14(16)19-5-2/h6-10H,3-5,11H2,1-2H3,(H,17,18). The third-order valence-corrected chi connectivity index (χ3v) is 2.64. The number of hydrogen-bond donors (Lipinski definition) is 1. The lowest BCUT2D eigenvalue weighted by molar-refractivity contribution is -0.131. The summed E-state index contributed by atoms with van der Waals surface area (Å²) in [5.41, 5.74) is 1.63. The average molecular weight is 276 g/mol. The van der Waals surface area contributed by atoms with Crippen LogP contribution in [0, 0.1) is 0 Å². The van der Waals surface area contributed by atoms with Crippen LogP contribution in [-0.4, -0.2) is 24.3 Å². The number of aliphatic carboxylic acids is 1. The van der Waals surface area contributed by atoms with Crippen LogP contribution in [0.3, 0.4) is 0 Å². The molecule has 1 N–H and O–H groups in total. The molecule has 0 saturated carbocycles. The first-order chi connectivity index (χ1) is 9.58. The van der Waals surface area contributed by atoms with E-state index < -0.39 is 5.97 Å². The molecule has 1 aromatic rings. The van der Waals surface area contributed by atoms with E-state index in [2.05, 4.69) is 6.58 Å². The van der Waals surface area contributed by atoms with Crippen LogP contribution in [0.1, 0.15) is 25.8 Å². The van der Waals surface area contributed by atoms with Gasteiger partial charge in [-0.1, -0.05) is 25.6 Å². The average Bonchev–Trinajstić information content (AvgIpc) is 2.43. The van der Waals surface area contributed by atoms with Gasteiger partial charge in [0.15, 0.2) is 11.5 Å². The predicted octanol–water partition coefficient (Wildman–Crippen LogP) is 3.53. The minimum absolute atomic E-state index is 0.383. The highest BCUT2D eigenvalue weighted by Crippen LogP contribution is 2.32. The van der Waals surface area contributed by atoms with E-state index in [0.717, 1.165) is 18.1 Å². The first-order valence-corrected chi connectivity index (χ1v) is 6.54. The summed E-state index contributed by atoms with van der Waals surface area (Å²) in [7, 11) is 0. The van der Waals surface area contributed by atoms with E-state index in [-0.39, 0.29) is 0 Å². The third-order valence-electron chi connectivity index (χ3n) is 2.64. The highest BCUT2D eigenvalue weighted by molar-refractivity contribution is 5.86. The summed E-state index contributed by atoms with van der Waals surface area (Å²) in [5, 5.41) is 8.72. The second-order valence-electron chi connectivity index (χ2n) is 4.17. The van der Waals surface area contributed by atoms with Crippen molar-refractivity contribution >= 4 is 12.0 Å². The first kappa shape index (κ1) is 15.8. The minimum Gasteiger partial charge on any atom is -0.490 e. The van der Waals surface area contributed by atoms with Gasteiger partial charge in [-0.2, -0.15) is 0 Å². The number of benzene rings is 1. The maximum atomic E-state index is 10.6. The van der Waals surface area contributed by atoms with E-state index in [1.807, 2.05) is 13.8 Å². The van der Waals surface area contributed by atoms with E-state index in [1.54, 1.807) is 18.2 Å². The number of hydrogen-bond acceptors (Lipinski definition) is 3. The molecule has 0 aliphatic carbocycles. The Labute approximate surface area is 119 Å². The molecule has 0 saturated heterocycles. The Kier molecular flexibility index (Phi) is 6.37. The van der Waals surface area contributed by atoms with Crippen LogP contribution in [0.2, 0.25) is 0 Å². The van der Waals surface area contributed by atoms with Crippen LogP contribution in [-0.2, 0) is 4.79 Å². The molecule has 0 radical (unpaired) electrons. The fourth-order valence-electron chi connectivity index (χ4n) is 1.53. The van der Waals surface area contributed by atoms with E-state index in [4.69, 9.17) is 14.6 Å². The Morgan fingerprint density at radius 3 is 2.70 bits per heavy atom. The summed E-state index contributed by atoms with van der Waals surface area (Å²) in [6, 6.07) is 5.38. The SMILES string of the molecule is C=C(CC)COc1c(C=CC(=O)O)cccc1OCC. The topological polar surface area (TPSA) is 55.8 Å². The Bertz CT molecular complexity index is 503. The zero-order valence-corrected chi connectivity index (χ0v) is 11.9. The van der Waals surface area contributed by atoms with Crippen molar-refractivity contribution < 1.29 is 19.4 Å². The summed E-state index contributed by atoms with van der Waals surface area (Å²) < 4.78 is 11.3. The molecule has 0 unspecified atom stereocenters. The Morgan fingerprint density at radius 1 is 1.35 bits per heavy atom. The molecule has 20 heavy (non-hydrogen) atoms. The summed E-state index contributed by atoms with van der Waals surface area (Å²) in [6.07, 6.45) is 3.40. The van der Waals surface area contributed by atoms with Crippen molar-refractivity contribution in [1.82, 2.24) is 0 Å². The highest BCUT2D eigenvalue weighted by atomic mass is 16.5. The van der Waals surface area contributed by atoms with Gasteiger partial charge in [0.25, 0.3) is 0 Å². The maximum absolute atomic E-state index is 10.6. The molecule has 108 valence electrons. The number of carboxylic acids is 1. The molecule has 0 atom stereocenters. The van der Waals surface area contributed by atoms with Crippen LogP contribution in [0.25, 0.3) is 6.08 Å². The van der Waals surface area contributed by atoms with Crippen LogP contribution in [0.4, 0.5) is 0 Å². The van der Waals surface area contributed by atoms with Crippen LogP contribution in [0.5, 0.6) is 11.5 Å². The van der Waals surface area contributed by atoms with Crippen LogP contribution >= 0.6 is 0 Å². The van der Waals surface area contributed by atoms with Crippen LogP contribution in [0.15, 0.2) is 36.4 Å². The van der Waals surface area contributed by atoms with Crippen LogP contribution < -0.4 is 9.47 Å². The number of rotatable bonds is 8. The molecule has 0 fully saturated rings. The maximum Gasteiger partial charge on any atom is 0.328 e. The summed E-state index contributed by atoms with van der Waals surface area (Å²) in [5.74, 6) is 0.140. The van der Waals surface area contributed by atoms with Gasteiger partial charge in [0.2, 0.25) is 0 Å². The quantitative estimate of drug-likeness (QED) is 0.583. The Morgan fingerprint density at radius 2 is 2.10 bits per heavy atom. The highest BCUT2D eigenvalue weighted by Gasteiger charge is 2.10. The van der Waals surface area contributed by atoms with Gasteiger partial charge in [-0.3, -0.25) is 0 Å². The molecule has 0 amide bonds. The summed E-state index contributed by atoms with van der Waals surface area (Å²) >= 11 is 0. The molecular weight excluding hydrogens is 256 g/mol. The second-order valence-corrected chi connectivity index (χ2v) is 4.17. The van der Waals surface area contributed by atoms with Gasteiger partial charge < -0.3 is 14.6 Å². The fourth-order valence-corrected chi connectivity index (χ4v) is 1.53. The van der Waals surface area contributed by atoms with Gasteiger partial charge in [-0.05, 0) is 31.1 Å². The molecule has 0 spiro atoms. The molecule has 1 aromatic carbocycles. The Balaban J connectivity index is 3.05. The van der Waals surface area contributed by atoms with Gasteiger partial charge in [0.05, 0.1) is 6.61 Å². The van der Waals surface area contributed by atoms with Crippen molar-refractivity contribution in [3.8, 4) is 11.5 Å². The molecule has 0 aromatic heterocycles. The van der Waals surface area contributed by atoms with Crippen molar-refractivity contribution in [2.24, 2.45) is 0 Å². The molecular formula is C16H20O4. The van der Waals surface area contributed by atoms with Gasteiger partial charge in [-0.25, -0.2) is 4.79 Å². The molecule has 0 bridgehead atoms. The smallest absolute Gasteiger partial charge is 0.328 e. The Hall–Kier alpha value is -2.23. The number of ether oxygens (including phenoxy) is 2. The van der Waals surface area contributed by atoms with Crippen molar-refractivity contribution in [3.05, 3.63) is 42.0 Å². The van der Waals surface area contributed by atoms with Crippen molar-refractivity contribution in [3.63, 3.8) is 0 Å². The summed E-state index contributed by atoms with van der Waals surface area (Å²) in [4.78, 5) is 10.6. The molecule has 4 heteroatoms. The largest absolute Gasteiger partial charge is 0.490 e. The van der Waals surface area contributed by atoms with Gasteiger partial charge in [0.1, 0.15) is 6.61 Å². The first-order valence-electron chi connectivity index (χ1n) is 6.54. The van der Waals surface area contributed by atoms with Crippen molar-refractivity contribution in [2.45, 2.75) is 20.3 Å². The monoisotopic (exact) mass is 276 g/mol. The lowest BCUT2D eigenvalue weighted by atomic mass is 10.1. The van der Waals surface area contributed by atoms with Gasteiger partial charge >= 0.3 is 5.97 Å². The summed E-state index contributed by atoms with van der Waals surface area (Å²) in [6.45, 7) is 8.67. The fraction of sp³-hybridized carbons (Fsp3) is 0.312. The number of para-hydroxylation sites is 1. The van der Waals surface area contributed by atoms with Crippen molar-refractivity contribution in [1.29, 1.82) is 0 Å². The molecule has 0 aliphatic heterocycles. The van der Waals surface area contributed by atoms with E-state index >= 15 is 0 Å². The molecule has 1 rings (SSSR count). The lowest BCUT2D eigenvalue weighted by Crippen LogP contribution is -2.04. The third kappa shape index (κ3) is 4.80.